The first-order valence-corrected chi connectivity index (χ1v) is 12.4. The maximum absolute atomic E-state index is 12.6. The zero-order chi connectivity index (χ0) is 24.1. The van der Waals surface area contributed by atoms with Crippen LogP contribution in [0.5, 0.6) is 5.75 Å². The molecule has 0 aliphatic carbocycles. The molecule has 2 heterocycles. The van der Waals surface area contributed by atoms with Crippen LogP contribution in [0.25, 0.3) is 11.4 Å². The van der Waals surface area contributed by atoms with Crippen LogP contribution in [0.2, 0.25) is 0 Å². The Kier molecular flexibility index (Phi) is 6.95. The van der Waals surface area contributed by atoms with E-state index in [2.05, 4.69) is 30.4 Å². The summed E-state index contributed by atoms with van der Waals surface area (Å²) in [5, 5.41) is 13.9. The predicted octanol–water partition coefficient (Wildman–Crippen LogP) is 3.03. The number of carbonyl (C=O) groups is 1. The topological polar surface area (TPSA) is 149 Å². The molecule has 176 valence electrons. The van der Waals surface area contributed by atoms with Crippen molar-refractivity contribution >= 4 is 32.4 Å². The quantitative estimate of drug-likeness (QED) is 0.331. The summed E-state index contributed by atoms with van der Waals surface area (Å²) in [5.41, 5.74) is 2.13. The standard InChI is InChI=1S/C21H20N6O5S2/c1-3-31-16-10-8-14(9-11-16)18-23-17(32-27-18)12-22-34(29,30)21-26-25-20(33-21)24-19(28)15-6-4-13(2)5-7-15/h4-11,22H,3,12H2,1-2H3,(H,24,25,28). The van der Waals surface area contributed by atoms with Crippen LogP contribution in [0, 0.1) is 6.92 Å². The number of benzene rings is 2. The smallest absolute Gasteiger partial charge is 0.270 e. The monoisotopic (exact) mass is 500 g/mol. The summed E-state index contributed by atoms with van der Waals surface area (Å²) < 4.78 is 37.7. The number of amides is 1. The SMILES string of the molecule is CCOc1ccc(-c2noc(CNS(=O)(=O)c3nnc(NC(=O)c4ccc(C)cc4)s3)n2)cc1. The lowest BCUT2D eigenvalue weighted by molar-refractivity contribution is 0.102. The normalized spacial score (nSPS) is 11.4. The molecule has 0 radical (unpaired) electrons. The van der Waals surface area contributed by atoms with Gasteiger partial charge in [0.1, 0.15) is 5.75 Å². The van der Waals surface area contributed by atoms with Gasteiger partial charge in [-0.15, -0.1) is 10.2 Å². The van der Waals surface area contributed by atoms with Crippen molar-refractivity contribution in [2.45, 2.75) is 24.7 Å². The molecule has 11 nitrogen and oxygen atoms in total. The van der Waals surface area contributed by atoms with Crippen molar-refractivity contribution in [3.8, 4) is 17.1 Å². The van der Waals surface area contributed by atoms with Crippen molar-refractivity contribution in [3.63, 3.8) is 0 Å². The fourth-order valence-corrected chi connectivity index (χ4v) is 4.68. The van der Waals surface area contributed by atoms with E-state index < -0.39 is 15.9 Å². The molecule has 0 fully saturated rings. The molecule has 0 aliphatic rings. The Morgan fingerprint density at radius 2 is 1.82 bits per heavy atom. The molecule has 13 heteroatoms. The van der Waals surface area contributed by atoms with Crippen LogP contribution in [0.3, 0.4) is 0 Å². The van der Waals surface area contributed by atoms with Gasteiger partial charge in [0, 0.05) is 11.1 Å². The number of aromatic nitrogens is 4. The van der Waals surface area contributed by atoms with E-state index in [4.69, 9.17) is 9.26 Å². The van der Waals surface area contributed by atoms with Crippen molar-refractivity contribution in [1.29, 1.82) is 0 Å². The Balaban J connectivity index is 1.37. The number of hydrogen-bond donors (Lipinski definition) is 2. The van der Waals surface area contributed by atoms with Crippen LogP contribution in [0.1, 0.15) is 28.7 Å². The lowest BCUT2D eigenvalue weighted by Gasteiger charge is -2.02. The fourth-order valence-electron chi connectivity index (χ4n) is 2.77. The Bertz CT molecular complexity index is 1380. The molecule has 0 spiro atoms. The van der Waals surface area contributed by atoms with Crippen LogP contribution < -0.4 is 14.8 Å². The predicted molar refractivity (Wildman–Crippen MR) is 124 cm³/mol. The molecule has 0 atom stereocenters. The number of hydrogen-bond acceptors (Lipinski definition) is 10. The molecular weight excluding hydrogens is 480 g/mol. The first kappa shape index (κ1) is 23.5. The van der Waals surface area contributed by atoms with E-state index in [0.29, 0.717) is 29.3 Å². The number of aryl methyl sites for hydroxylation is 1. The second kappa shape index (κ2) is 10.1. The first-order chi connectivity index (χ1) is 16.3. The van der Waals surface area contributed by atoms with Crippen molar-refractivity contribution < 1.29 is 22.5 Å². The van der Waals surface area contributed by atoms with Gasteiger partial charge in [-0.2, -0.15) is 9.71 Å². The lowest BCUT2D eigenvalue weighted by Crippen LogP contribution is -2.23. The minimum atomic E-state index is -4.01. The number of ether oxygens (including phenoxy) is 1. The van der Waals surface area contributed by atoms with Gasteiger partial charge in [0.15, 0.2) is 0 Å². The van der Waals surface area contributed by atoms with Gasteiger partial charge in [0.2, 0.25) is 21.2 Å². The van der Waals surface area contributed by atoms with Gasteiger partial charge in [-0.25, -0.2) is 8.42 Å². The summed E-state index contributed by atoms with van der Waals surface area (Å²) >= 11 is 0.725. The fraction of sp³-hybridized carbons (Fsp3) is 0.190. The van der Waals surface area contributed by atoms with Gasteiger partial charge in [0.25, 0.3) is 15.9 Å². The second-order valence-electron chi connectivity index (χ2n) is 6.99. The first-order valence-electron chi connectivity index (χ1n) is 10.1. The van der Waals surface area contributed by atoms with E-state index in [-0.39, 0.29) is 21.9 Å². The summed E-state index contributed by atoms with van der Waals surface area (Å²) in [6.07, 6.45) is 0. The van der Waals surface area contributed by atoms with Crippen molar-refractivity contribution in [2.75, 3.05) is 11.9 Å². The third-order valence-electron chi connectivity index (χ3n) is 4.48. The van der Waals surface area contributed by atoms with E-state index in [9.17, 15) is 13.2 Å². The molecule has 0 aliphatic heterocycles. The van der Waals surface area contributed by atoms with Gasteiger partial charge >= 0.3 is 0 Å². The van der Waals surface area contributed by atoms with Crippen LogP contribution in [0.15, 0.2) is 57.4 Å². The maximum atomic E-state index is 12.6. The molecule has 2 aromatic heterocycles. The third kappa shape index (κ3) is 5.62. The summed E-state index contributed by atoms with van der Waals surface area (Å²) in [7, 11) is -4.01. The highest BCUT2D eigenvalue weighted by molar-refractivity contribution is 7.91. The molecule has 4 aromatic rings. The van der Waals surface area contributed by atoms with Gasteiger partial charge in [-0.3, -0.25) is 10.1 Å². The highest BCUT2D eigenvalue weighted by Crippen LogP contribution is 2.22. The summed E-state index contributed by atoms with van der Waals surface area (Å²) in [6, 6.07) is 14.0. The van der Waals surface area contributed by atoms with Gasteiger partial charge in [-0.1, -0.05) is 34.2 Å². The van der Waals surface area contributed by atoms with Gasteiger partial charge in [0.05, 0.1) is 13.2 Å². The van der Waals surface area contributed by atoms with E-state index in [1.54, 1.807) is 48.5 Å². The van der Waals surface area contributed by atoms with Crippen LogP contribution in [0.4, 0.5) is 5.13 Å². The summed E-state index contributed by atoms with van der Waals surface area (Å²) in [6.45, 7) is 4.12. The zero-order valence-corrected chi connectivity index (χ0v) is 19.8. The van der Waals surface area contributed by atoms with E-state index in [1.165, 1.54) is 0 Å². The molecule has 0 bridgehead atoms. The number of carbonyl (C=O) groups excluding carboxylic acids is 1. The Hall–Kier alpha value is -3.68. The van der Waals surface area contributed by atoms with Crippen LogP contribution >= 0.6 is 11.3 Å². The molecule has 0 saturated heterocycles. The highest BCUT2D eigenvalue weighted by Gasteiger charge is 2.22. The number of nitrogens with one attached hydrogen (secondary N) is 2. The molecule has 4 rings (SSSR count). The Morgan fingerprint density at radius 1 is 1.09 bits per heavy atom. The van der Waals surface area contributed by atoms with Gasteiger partial charge < -0.3 is 9.26 Å². The van der Waals surface area contributed by atoms with Crippen molar-refractivity contribution in [2.24, 2.45) is 0 Å². The van der Waals surface area contributed by atoms with E-state index in [1.807, 2.05) is 13.8 Å². The third-order valence-corrected chi connectivity index (χ3v) is 7.08. The van der Waals surface area contributed by atoms with Crippen LogP contribution in [-0.4, -0.2) is 41.3 Å². The molecule has 0 saturated carbocycles. The zero-order valence-electron chi connectivity index (χ0n) is 18.2. The number of anilines is 1. The average molecular weight is 501 g/mol. The summed E-state index contributed by atoms with van der Waals surface area (Å²) in [5.74, 6) is 0.689. The van der Waals surface area contributed by atoms with Gasteiger partial charge in [-0.05, 0) is 50.2 Å². The minimum absolute atomic E-state index is 0.0570. The minimum Gasteiger partial charge on any atom is -0.494 e. The maximum Gasteiger partial charge on any atom is 0.270 e. The Labute approximate surface area is 199 Å². The molecule has 2 N–H and O–H groups in total. The van der Waals surface area contributed by atoms with Crippen molar-refractivity contribution in [3.05, 3.63) is 65.5 Å². The molecule has 34 heavy (non-hydrogen) atoms. The molecule has 1 amide bonds. The van der Waals surface area contributed by atoms with E-state index >= 15 is 0 Å². The van der Waals surface area contributed by atoms with E-state index in [0.717, 1.165) is 16.9 Å². The number of nitrogens with zero attached hydrogens (tertiary/aromatic N) is 4. The van der Waals surface area contributed by atoms with Crippen LogP contribution in [-0.2, 0) is 16.6 Å². The number of rotatable bonds is 9. The lowest BCUT2D eigenvalue weighted by atomic mass is 10.1. The average Bonchev–Trinajstić information content (AvgIpc) is 3.49. The van der Waals surface area contributed by atoms with Crippen molar-refractivity contribution in [1.82, 2.24) is 25.1 Å². The molecule has 0 unspecified atom stereocenters. The molecule has 2 aromatic carbocycles. The Morgan fingerprint density at radius 3 is 2.53 bits per heavy atom. The summed E-state index contributed by atoms with van der Waals surface area (Å²) in [4.78, 5) is 16.5. The molecular formula is C21H20N6O5S2. The highest BCUT2D eigenvalue weighted by atomic mass is 32.2. The largest absolute Gasteiger partial charge is 0.494 e. The second-order valence-corrected chi connectivity index (χ2v) is 9.91. The number of sulfonamides is 1.